The topological polar surface area (TPSA) is 52.1 Å². The van der Waals surface area contributed by atoms with Crippen LogP contribution in [-0.4, -0.2) is 27.9 Å². The summed E-state index contributed by atoms with van der Waals surface area (Å²) in [6.45, 7) is 1.54. The Bertz CT molecular complexity index is 468. The van der Waals surface area contributed by atoms with Gasteiger partial charge in [0.25, 0.3) is 0 Å². The highest BCUT2D eigenvalue weighted by atomic mass is 35.5. The normalized spacial score (nSPS) is 9.35. The highest BCUT2D eigenvalue weighted by molar-refractivity contribution is 8.13. The van der Waals surface area contributed by atoms with Crippen LogP contribution in [0.2, 0.25) is 5.28 Å². The zero-order valence-electron chi connectivity index (χ0n) is 9.49. The maximum Gasteiger partial charge on any atom is 0.233 e. The molecule has 0 bridgehead atoms. The van der Waals surface area contributed by atoms with Crippen molar-refractivity contribution in [1.82, 2.24) is 9.97 Å². The molecular weight excluding hydrogens is 260 g/mol. The molecule has 0 saturated carbocycles. The molecule has 0 aliphatic heterocycles. The first-order chi connectivity index (χ1) is 8.13. The molecule has 1 rings (SSSR count). The van der Waals surface area contributed by atoms with E-state index in [0.29, 0.717) is 23.6 Å². The Morgan fingerprint density at radius 2 is 2.41 bits per heavy atom. The predicted octanol–water partition coefficient (Wildman–Crippen LogP) is 2.16. The molecule has 0 N–H and O–H groups in total. The number of hydrogen-bond donors (Lipinski definition) is 0. The van der Waals surface area contributed by atoms with E-state index >= 15 is 0 Å². The summed E-state index contributed by atoms with van der Waals surface area (Å²) in [5.41, 5.74) is 0.588. The smallest absolute Gasteiger partial charge is 0.233 e. The van der Waals surface area contributed by atoms with Crippen molar-refractivity contribution in [3.8, 4) is 17.7 Å². The van der Waals surface area contributed by atoms with Crippen LogP contribution in [0.4, 0.5) is 0 Å². The number of aromatic nitrogens is 2. The van der Waals surface area contributed by atoms with Crippen molar-refractivity contribution in [2.75, 3.05) is 12.9 Å². The molecule has 0 aliphatic rings. The molecule has 0 amide bonds. The Kier molecular flexibility index (Phi) is 5.81. The lowest BCUT2D eigenvalue weighted by molar-refractivity contribution is -0.109. The van der Waals surface area contributed by atoms with Gasteiger partial charge in [0.1, 0.15) is 5.56 Å². The quantitative estimate of drug-likeness (QED) is 0.479. The van der Waals surface area contributed by atoms with Gasteiger partial charge in [0.05, 0.1) is 13.3 Å². The van der Waals surface area contributed by atoms with Crippen LogP contribution < -0.4 is 4.74 Å². The monoisotopic (exact) mass is 270 g/mol. The van der Waals surface area contributed by atoms with Gasteiger partial charge in [-0.2, -0.15) is 4.98 Å². The lowest BCUT2D eigenvalue weighted by atomic mass is 10.3. The van der Waals surface area contributed by atoms with Crippen LogP contribution in [0.5, 0.6) is 5.88 Å². The molecule has 0 spiro atoms. The first-order valence-electron chi connectivity index (χ1n) is 4.82. The van der Waals surface area contributed by atoms with Gasteiger partial charge in [0.2, 0.25) is 11.2 Å². The highest BCUT2D eigenvalue weighted by Gasteiger charge is 2.03. The van der Waals surface area contributed by atoms with E-state index in [4.69, 9.17) is 16.3 Å². The fourth-order valence-corrected chi connectivity index (χ4v) is 1.61. The van der Waals surface area contributed by atoms with E-state index in [2.05, 4.69) is 21.8 Å². The summed E-state index contributed by atoms with van der Waals surface area (Å²) < 4.78 is 5.02. The number of methoxy groups -OCH3 is 1. The second-order valence-corrected chi connectivity index (χ2v) is 4.56. The minimum atomic E-state index is 0.0965. The van der Waals surface area contributed by atoms with Gasteiger partial charge in [-0.05, 0) is 11.6 Å². The Morgan fingerprint density at radius 1 is 1.65 bits per heavy atom. The number of ether oxygens (including phenoxy) is 1. The Balaban J connectivity index is 2.62. The van der Waals surface area contributed by atoms with Crippen LogP contribution in [0.3, 0.4) is 0 Å². The SMILES string of the molecule is COc1nc(Cl)ncc1C#CCCSC(C)=O. The summed E-state index contributed by atoms with van der Waals surface area (Å²) in [5.74, 6) is 6.84. The molecule has 0 radical (unpaired) electrons. The van der Waals surface area contributed by atoms with E-state index in [9.17, 15) is 4.79 Å². The maximum absolute atomic E-state index is 10.7. The standard InChI is InChI=1S/C11H11ClN2O2S/c1-8(15)17-6-4-3-5-9-7-13-11(12)14-10(9)16-2/h7H,4,6H2,1-2H3. The van der Waals surface area contributed by atoms with Crippen molar-refractivity contribution in [3.05, 3.63) is 17.0 Å². The van der Waals surface area contributed by atoms with Crippen molar-refractivity contribution in [1.29, 1.82) is 0 Å². The number of thioether (sulfide) groups is 1. The number of hydrogen-bond acceptors (Lipinski definition) is 5. The lowest BCUT2D eigenvalue weighted by Crippen LogP contribution is -1.94. The van der Waals surface area contributed by atoms with Crippen molar-refractivity contribution in [2.24, 2.45) is 0 Å². The van der Waals surface area contributed by atoms with Gasteiger partial charge in [-0.3, -0.25) is 4.79 Å². The summed E-state index contributed by atoms with van der Waals surface area (Å²) >= 11 is 6.88. The molecule has 0 aliphatic carbocycles. The van der Waals surface area contributed by atoms with Gasteiger partial charge in [-0.25, -0.2) is 4.98 Å². The number of rotatable bonds is 3. The van der Waals surface area contributed by atoms with Crippen LogP contribution in [0, 0.1) is 11.8 Å². The van der Waals surface area contributed by atoms with Crippen molar-refractivity contribution >= 4 is 28.5 Å². The molecule has 4 nitrogen and oxygen atoms in total. The molecule has 1 aromatic heterocycles. The van der Waals surface area contributed by atoms with Gasteiger partial charge in [0.15, 0.2) is 5.12 Å². The maximum atomic E-state index is 10.7. The number of carbonyl (C=O) groups excluding carboxylic acids is 1. The van der Waals surface area contributed by atoms with Gasteiger partial charge in [-0.15, -0.1) is 0 Å². The Labute approximate surface area is 109 Å². The Hall–Kier alpha value is -1.25. The molecule has 0 fully saturated rings. The van der Waals surface area contributed by atoms with Crippen LogP contribution >= 0.6 is 23.4 Å². The second-order valence-electron chi connectivity index (χ2n) is 2.95. The first-order valence-corrected chi connectivity index (χ1v) is 6.18. The van der Waals surface area contributed by atoms with Crippen molar-refractivity contribution in [2.45, 2.75) is 13.3 Å². The van der Waals surface area contributed by atoms with E-state index in [1.807, 2.05) is 0 Å². The van der Waals surface area contributed by atoms with Gasteiger partial charge in [-0.1, -0.05) is 23.6 Å². The molecule has 17 heavy (non-hydrogen) atoms. The third-order valence-corrected chi connectivity index (χ3v) is 2.67. The molecule has 1 heterocycles. The molecule has 6 heteroatoms. The minimum Gasteiger partial charge on any atom is -0.480 e. The number of carbonyl (C=O) groups is 1. The van der Waals surface area contributed by atoms with E-state index in [1.54, 1.807) is 0 Å². The van der Waals surface area contributed by atoms with Crippen LogP contribution in [0.1, 0.15) is 18.9 Å². The van der Waals surface area contributed by atoms with Gasteiger partial charge in [0, 0.05) is 19.1 Å². The van der Waals surface area contributed by atoms with Crippen LogP contribution in [0.25, 0.3) is 0 Å². The minimum absolute atomic E-state index is 0.0965. The number of nitrogens with zero attached hydrogens (tertiary/aromatic N) is 2. The first kappa shape index (κ1) is 13.8. The average molecular weight is 271 g/mol. The van der Waals surface area contributed by atoms with E-state index in [0.717, 1.165) is 0 Å². The third kappa shape index (κ3) is 5.07. The average Bonchev–Trinajstić information content (AvgIpc) is 2.29. The van der Waals surface area contributed by atoms with Crippen LogP contribution in [-0.2, 0) is 4.79 Å². The van der Waals surface area contributed by atoms with Crippen molar-refractivity contribution in [3.63, 3.8) is 0 Å². The summed E-state index contributed by atoms with van der Waals surface area (Å²) in [6.07, 6.45) is 2.13. The lowest BCUT2D eigenvalue weighted by Gasteiger charge is -2.00. The fraction of sp³-hybridized carbons (Fsp3) is 0.364. The second kappa shape index (κ2) is 7.15. The zero-order chi connectivity index (χ0) is 12.7. The predicted molar refractivity (Wildman–Crippen MR) is 68.2 cm³/mol. The van der Waals surface area contributed by atoms with Crippen molar-refractivity contribution < 1.29 is 9.53 Å². The summed E-state index contributed by atoms with van der Waals surface area (Å²) in [7, 11) is 1.50. The summed E-state index contributed by atoms with van der Waals surface area (Å²) in [4.78, 5) is 18.4. The van der Waals surface area contributed by atoms with E-state index in [1.165, 1.54) is 32.0 Å². The summed E-state index contributed by atoms with van der Waals surface area (Å²) in [5, 5.41) is 0.221. The number of halogens is 1. The third-order valence-electron chi connectivity index (χ3n) is 1.67. The molecule has 0 unspecified atom stereocenters. The zero-order valence-corrected chi connectivity index (χ0v) is 11.1. The van der Waals surface area contributed by atoms with Gasteiger partial charge < -0.3 is 4.74 Å². The highest BCUT2D eigenvalue weighted by Crippen LogP contribution is 2.14. The molecular formula is C11H11ClN2O2S. The van der Waals surface area contributed by atoms with Crippen LogP contribution in [0.15, 0.2) is 6.20 Å². The largest absolute Gasteiger partial charge is 0.480 e. The molecule has 1 aromatic rings. The Morgan fingerprint density at radius 3 is 3.06 bits per heavy atom. The molecule has 90 valence electrons. The fourth-order valence-electron chi connectivity index (χ4n) is 0.991. The molecule has 0 saturated heterocycles. The van der Waals surface area contributed by atoms with E-state index < -0.39 is 0 Å². The molecule has 0 atom stereocenters. The van der Waals surface area contributed by atoms with E-state index in [-0.39, 0.29) is 10.4 Å². The van der Waals surface area contributed by atoms with Gasteiger partial charge >= 0.3 is 0 Å². The summed E-state index contributed by atoms with van der Waals surface area (Å²) in [6, 6.07) is 0. The molecule has 0 aromatic carbocycles.